The first kappa shape index (κ1) is 20.8. The zero-order valence-electron chi connectivity index (χ0n) is 16.5. The maximum absolute atomic E-state index is 13.1. The monoisotopic (exact) mass is 454 g/mol. The molecule has 1 N–H and O–H groups in total. The van der Waals surface area contributed by atoms with Crippen LogP contribution < -0.4 is 10.2 Å². The molecular formula is C22H16Cl2N4O3. The summed E-state index contributed by atoms with van der Waals surface area (Å²) in [5, 5.41) is 2.67. The molecule has 1 saturated heterocycles. The van der Waals surface area contributed by atoms with Crippen molar-refractivity contribution < 1.29 is 14.4 Å². The summed E-state index contributed by atoms with van der Waals surface area (Å²) in [6, 6.07) is 9.08. The quantitative estimate of drug-likeness (QED) is 0.467. The lowest BCUT2D eigenvalue weighted by atomic mass is 10.1. The van der Waals surface area contributed by atoms with E-state index in [2.05, 4.69) is 10.3 Å². The third kappa shape index (κ3) is 3.73. The number of rotatable bonds is 3. The summed E-state index contributed by atoms with van der Waals surface area (Å²) in [5.74, 6) is -1.52. The highest BCUT2D eigenvalue weighted by molar-refractivity contribution is 6.43. The van der Waals surface area contributed by atoms with E-state index in [0.29, 0.717) is 5.56 Å². The van der Waals surface area contributed by atoms with Crippen molar-refractivity contribution in [3.8, 4) is 5.69 Å². The number of carbonyl (C=O) groups excluding carboxylic acids is 3. The molecule has 1 aliphatic rings. The van der Waals surface area contributed by atoms with Gasteiger partial charge in [0.15, 0.2) is 0 Å². The Morgan fingerprint density at radius 1 is 1.00 bits per heavy atom. The summed E-state index contributed by atoms with van der Waals surface area (Å²) < 4.78 is 1.96. The Morgan fingerprint density at radius 3 is 2.45 bits per heavy atom. The van der Waals surface area contributed by atoms with Gasteiger partial charge in [-0.05, 0) is 61.9 Å². The highest BCUT2D eigenvalue weighted by atomic mass is 35.5. The summed E-state index contributed by atoms with van der Waals surface area (Å²) in [7, 11) is 0. The fraction of sp³-hybridized carbons (Fsp3) is 0.0909. The van der Waals surface area contributed by atoms with Gasteiger partial charge in [-0.3, -0.25) is 19.9 Å². The second-order valence-electron chi connectivity index (χ2n) is 6.93. The maximum Gasteiger partial charge on any atom is 0.335 e. The summed E-state index contributed by atoms with van der Waals surface area (Å²) in [6.07, 6.45) is 4.88. The van der Waals surface area contributed by atoms with Crippen molar-refractivity contribution in [1.82, 2.24) is 14.9 Å². The SMILES string of the molecule is Cc1cc(/C=C2\C(=O)NC(=O)N(c3ccc(Cl)c(Cl)c3)C2=O)c(C)n1-c1cccnc1. The smallest absolute Gasteiger partial charge is 0.316 e. The topological polar surface area (TPSA) is 84.3 Å². The van der Waals surface area contributed by atoms with E-state index in [1.54, 1.807) is 12.4 Å². The van der Waals surface area contributed by atoms with Crippen LogP contribution in [-0.4, -0.2) is 27.4 Å². The first-order valence-corrected chi connectivity index (χ1v) is 9.99. The van der Waals surface area contributed by atoms with Crippen LogP contribution in [0, 0.1) is 13.8 Å². The first-order valence-electron chi connectivity index (χ1n) is 9.24. The molecule has 1 aromatic carbocycles. The van der Waals surface area contributed by atoms with Gasteiger partial charge < -0.3 is 4.57 Å². The number of benzene rings is 1. The molecule has 3 aromatic rings. The van der Waals surface area contributed by atoms with Gasteiger partial charge in [0.2, 0.25) is 0 Å². The van der Waals surface area contributed by atoms with E-state index < -0.39 is 17.8 Å². The van der Waals surface area contributed by atoms with Crippen molar-refractivity contribution in [1.29, 1.82) is 0 Å². The highest BCUT2D eigenvalue weighted by Gasteiger charge is 2.37. The standard InChI is InChI=1S/C22H16Cl2N4O3/c1-12-8-14(13(2)27(12)16-4-3-7-25-11-16)9-17-20(29)26-22(31)28(21(17)30)15-5-6-18(23)19(24)10-15/h3-11H,1-2H3,(H,26,29,31)/b17-9+. The van der Waals surface area contributed by atoms with Crippen LogP contribution in [0.5, 0.6) is 0 Å². The second kappa shape index (κ2) is 8.02. The Balaban J connectivity index is 1.77. The average Bonchev–Trinajstić information content (AvgIpc) is 3.01. The molecule has 0 bridgehead atoms. The van der Waals surface area contributed by atoms with Crippen LogP contribution in [-0.2, 0) is 9.59 Å². The second-order valence-corrected chi connectivity index (χ2v) is 7.74. The number of carbonyl (C=O) groups is 3. The summed E-state index contributed by atoms with van der Waals surface area (Å²) in [5.41, 5.74) is 3.28. The highest BCUT2D eigenvalue weighted by Crippen LogP contribution is 2.30. The van der Waals surface area contributed by atoms with Gasteiger partial charge in [-0.1, -0.05) is 23.2 Å². The zero-order valence-corrected chi connectivity index (χ0v) is 18.0. The van der Waals surface area contributed by atoms with Gasteiger partial charge in [0.05, 0.1) is 27.6 Å². The summed E-state index contributed by atoms with van der Waals surface area (Å²) in [6.45, 7) is 3.79. The molecule has 1 fully saturated rings. The molecule has 0 aliphatic carbocycles. The number of urea groups is 1. The van der Waals surface area contributed by atoms with Crippen molar-refractivity contribution >= 4 is 52.8 Å². The number of nitrogens with one attached hydrogen (secondary N) is 1. The molecule has 0 atom stereocenters. The van der Waals surface area contributed by atoms with Gasteiger partial charge in [-0.2, -0.15) is 0 Å². The van der Waals surface area contributed by atoms with Crippen molar-refractivity contribution in [3.63, 3.8) is 0 Å². The fourth-order valence-corrected chi connectivity index (χ4v) is 3.78. The van der Waals surface area contributed by atoms with Gasteiger partial charge in [0.25, 0.3) is 11.8 Å². The molecule has 9 heteroatoms. The van der Waals surface area contributed by atoms with Crippen LogP contribution in [0.25, 0.3) is 11.8 Å². The predicted octanol–water partition coefficient (Wildman–Crippen LogP) is 4.46. The predicted molar refractivity (Wildman–Crippen MR) is 119 cm³/mol. The molecule has 2 aromatic heterocycles. The van der Waals surface area contributed by atoms with Crippen molar-refractivity contribution in [2.75, 3.05) is 4.90 Å². The van der Waals surface area contributed by atoms with E-state index in [4.69, 9.17) is 23.2 Å². The molecular weight excluding hydrogens is 439 g/mol. The Kier molecular flexibility index (Phi) is 5.39. The van der Waals surface area contributed by atoms with Gasteiger partial charge in [0, 0.05) is 17.6 Å². The van der Waals surface area contributed by atoms with Gasteiger partial charge >= 0.3 is 6.03 Å². The van der Waals surface area contributed by atoms with E-state index in [1.807, 2.05) is 36.6 Å². The summed E-state index contributed by atoms with van der Waals surface area (Å²) in [4.78, 5) is 43.0. The number of nitrogens with zero attached hydrogens (tertiary/aromatic N) is 3. The number of anilines is 1. The van der Waals surface area contributed by atoms with Crippen LogP contribution in [0.1, 0.15) is 17.0 Å². The zero-order chi connectivity index (χ0) is 22.3. The van der Waals surface area contributed by atoms with Crippen LogP contribution in [0.3, 0.4) is 0 Å². The minimum atomic E-state index is -0.855. The number of hydrogen-bond donors (Lipinski definition) is 1. The molecule has 0 spiro atoms. The van der Waals surface area contributed by atoms with E-state index in [1.165, 1.54) is 24.3 Å². The lowest BCUT2D eigenvalue weighted by Gasteiger charge is -2.26. The Labute approximate surface area is 187 Å². The van der Waals surface area contributed by atoms with E-state index in [9.17, 15) is 14.4 Å². The largest absolute Gasteiger partial charge is 0.335 e. The third-order valence-corrected chi connectivity index (χ3v) is 5.68. The van der Waals surface area contributed by atoms with E-state index in [-0.39, 0.29) is 21.3 Å². The number of halogens is 2. The molecule has 0 radical (unpaired) electrons. The maximum atomic E-state index is 13.1. The number of aryl methyl sites for hydroxylation is 1. The normalized spacial score (nSPS) is 15.5. The van der Waals surface area contributed by atoms with Gasteiger partial charge in [-0.25, -0.2) is 9.69 Å². The van der Waals surface area contributed by atoms with Gasteiger partial charge in [0.1, 0.15) is 5.57 Å². The molecule has 0 unspecified atom stereocenters. The Morgan fingerprint density at radius 2 is 1.77 bits per heavy atom. The van der Waals surface area contributed by atoms with Crippen LogP contribution >= 0.6 is 23.2 Å². The van der Waals surface area contributed by atoms with Crippen molar-refractivity contribution in [2.45, 2.75) is 13.8 Å². The Bertz CT molecular complexity index is 1270. The summed E-state index contributed by atoms with van der Waals surface area (Å²) >= 11 is 12.0. The van der Waals surface area contributed by atoms with E-state index >= 15 is 0 Å². The van der Waals surface area contributed by atoms with Crippen molar-refractivity contribution in [3.05, 3.63) is 81.4 Å². The lowest BCUT2D eigenvalue weighted by Crippen LogP contribution is -2.54. The lowest BCUT2D eigenvalue weighted by molar-refractivity contribution is -0.122. The van der Waals surface area contributed by atoms with Crippen LogP contribution in [0.15, 0.2) is 54.4 Å². The molecule has 3 heterocycles. The molecule has 1 aliphatic heterocycles. The average molecular weight is 455 g/mol. The molecule has 31 heavy (non-hydrogen) atoms. The number of hydrogen-bond acceptors (Lipinski definition) is 4. The van der Waals surface area contributed by atoms with E-state index in [0.717, 1.165) is 22.0 Å². The molecule has 156 valence electrons. The number of barbiturate groups is 1. The number of pyridine rings is 1. The Hall–Kier alpha value is -3.42. The number of amides is 4. The number of aromatic nitrogens is 2. The molecule has 4 rings (SSSR count). The van der Waals surface area contributed by atoms with Crippen molar-refractivity contribution in [2.24, 2.45) is 0 Å². The first-order chi connectivity index (χ1) is 14.8. The van der Waals surface area contributed by atoms with Gasteiger partial charge in [-0.15, -0.1) is 0 Å². The third-order valence-electron chi connectivity index (χ3n) is 4.94. The molecule has 7 nitrogen and oxygen atoms in total. The fourth-order valence-electron chi connectivity index (χ4n) is 3.49. The molecule has 4 amide bonds. The van der Waals surface area contributed by atoms with Crippen LogP contribution in [0.2, 0.25) is 10.0 Å². The van der Waals surface area contributed by atoms with Crippen LogP contribution in [0.4, 0.5) is 10.5 Å². The molecule has 0 saturated carbocycles. The minimum Gasteiger partial charge on any atom is -0.316 e. The minimum absolute atomic E-state index is 0.169. The number of imide groups is 2.